The zero-order valence-electron chi connectivity index (χ0n) is 21.3. The fraction of sp³-hybridized carbons (Fsp3) is 0.370. The number of aromatic nitrogens is 3. The van der Waals surface area contributed by atoms with Gasteiger partial charge in [0.15, 0.2) is 5.82 Å². The van der Waals surface area contributed by atoms with Crippen molar-refractivity contribution in [3.8, 4) is 11.1 Å². The topological polar surface area (TPSA) is 146 Å². The number of aryl methyl sites for hydroxylation is 1. The van der Waals surface area contributed by atoms with Crippen molar-refractivity contribution in [3.05, 3.63) is 71.3 Å². The van der Waals surface area contributed by atoms with E-state index in [1.807, 2.05) is 49.6 Å². The highest BCUT2D eigenvalue weighted by molar-refractivity contribution is 5.99. The zero-order valence-corrected chi connectivity index (χ0v) is 21.3. The van der Waals surface area contributed by atoms with Gasteiger partial charge in [0.1, 0.15) is 11.7 Å². The molecule has 1 atom stereocenters. The number of aromatic carboxylic acids is 1. The summed E-state index contributed by atoms with van der Waals surface area (Å²) in [6.45, 7) is 6.36. The summed E-state index contributed by atoms with van der Waals surface area (Å²) >= 11 is 0. The molecule has 0 aliphatic rings. The van der Waals surface area contributed by atoms with Crippen LogP contribution in [0.15, 0.2) is 48.5 Å². The van der Waals surface area contributed by atoms with Crippen molar-refractivity contribution in [1.29, 1.82) is 0 Å². The number of carbonyl (C=O) groups excluding carboxylic acids is 2. The van der Waals surface area contributed by atoms with Gasteiger partial charge in [-0.05, 0) is 41.5 Å². The monoisotopic (exact) mass is 507 g/mol. The van der Waals surface area contributed by atoms with Crippen LogP contribution < -0.4 is 10.8 Å². The zero-order chi connectivity index (χ0) is 26.9. The van der Waals surface area contributed by atoms with Crippen molar-refractivity contribution < 1.29 is 24.7 Å². The third-order valence-electron chi connectivity index (χ3n) is 6.01. The number of nitrogens with one attached hydrogen (secondary N) is 2. The van der Waals surface area contributed by atoms with Gasteiger partial charge in [0, 0.05) is 6.42 Å². The van der Waals surface area contributed by atoms with Crippen LogP contribution in [-0.4, -0.2) is 42.9 Å². The number of hydrogen-bond donors (Lipinski definition) is 4. The van der Waals surface area contributed by atoms with E-state index in [-0.39, 0.29) is 18.0 Å². The summed E-state index contributed by atoms with van der Waals surface area (Å²) in [6, 6.07) is 14.5. The van der Waals surface area contributed by atoms with E-state index in [0.717, 1.165) is 23.4 Å². The molecular weight excluding hydrogens is 474 g/mol. The minimum absolute atomic E-state index is 0.0763. The number of amides is 2. The summed E-state index contributed by atoms with van der Waals surface area (Å²) in [7, 11) is 0. The summed E-state index contributed by atoms with van der Waals surface area (Å²) in [5.41, 5.74) is 4.21. The molecule has 3 aromatic rings. The van der Waals surface area contributed by atoms with Crippen LogP contribution in [0.3, 0.4) is 0 Å². The first-order valence-electron chi connectivity index (χ1n) is 12.3. The van der Waals surface area contributed by atoms with E-state index in [9.17, 15) is 19.5 Å². The van der Waals surface area contributed by atoms with Crippen LogP contribution in [0.1, 0.15) is 61.2 Å². The van der Waals surface area contributed by atoms with Gasteiger partial charge in [-0.15, -0.1) is 10.2 Å². The molecular formula is C27H33N5O5. The first kappa shape index (κ1) is 27.5. The Morgan fingerprint density at radius 3 is 2.27 bits per heavy atom. The molecule has 1 unspecified atom stereocenters. The van der Waals surface area contributed by atoms with Crippen molar-refractivity contribution in [3.63, 3.8) is 0 Å². The molecule has 0 bridgehead atoms. The van der Waals surface area contributed by atoms with Crippen molar-refractivity contribution in [2.45, 2.75) is 53.1 Å². The van der Waals surface area contributed by atoms with Crippen LogP contribution in [0.5, 0.6) is 0 Å². The number of carbonyl (C=O) groups is 3. The van der Waals surface area contributed by atoms with Crippen LogP contribution in [0, 0.1) is 11.8 Å². The van der Waals surface area contributed by atoms with Gasteiger partial charge in [0.25, 0.3) is 5.91 Å². The Hall–Kier alpha value is -4.05. The summed E-state index contributed by atoms with van der Waals surface area (Å²) in [4.78, 5) is 36.3. The molecule has 3 rings (SSSR count). The van der Waals surface area contributed by atoms with Crippen molar-refractivity contribution in [2.24, 2.45) is 11.8 Å². The standard InChI is InChI=1S/C27H33N5O5/c1-4-7-23-29-30-24(15-28-25(33)22(14-17(2)3)26(34)31-37)32(23)16-18-10-12-19(13-11-18)20-8-5-6-9-21(20)27(35)36/h5-6,8-13,17,22,37H,4,7,14-16H2,1-3H3,(H,28,33)(H,31,34)(H,35,36). The molecule has 10 nitrogen and oxygen atoms in total. The second-order valence-corrected chi connectivity index (χ2v) is 9.29. The predicted molar refractivity (Wildman–Crippen MR) is 137 cm³/mol. The van der Waals surface area contributed by atoms with Gasteiger partial charge >= 0.3 is 5.97 Å². The molecule has 0 radical (unpaired) electrons. The highest BCUT2D eigenvalue weighted by Crippen LogP contribution is 2.24. The fourth-order valence-electron chi connectivity index (χ4n) is 4.16. The maximum atomic E-state index is 12.7. The molecule has 1 aromatic heterocycles. The highest BCUT2D eigenvalue weighted by atomic mass is 16.5. The molecule has 0 saturated heterocycles. The van der Waals surface area contributed by atoms with Gasteiger partial charge in [-0.2, -0.15) is 0 Å². The van der Waals surface area contributed by atoms with Gasteiger partial charge in [-0.3, -0.25) is 14.8 Å². The van der Waals surface area contributed by atoms with Gasteiger partial charge < -0.3 is 15.0 Å². The molecule has 2 amide bonds. The molecule has 2 aromatic carbocycles. The molecule has 0 fully saturated rings. The number of carboxylic acid groups (broad SMARTS) is 1. The van der Waals surface area contributed by atoms with Crippen molar-refractivity contribution in [2.75, 3.05) is 0 Å². The van der Waals surface area contributed by atoms with Crippen LogP contribution in [0.2, 0.25) is 0 Å². The third kappa shape index (κ3) is 7.01. The number of rotatable bonds is 12. The lowest BCUT2D eigenvalue weighted by atomic mass is 9.95. The first-order chi connectivity index (χ1) is 17.7. The van der Waals surface area contributed by atoms with Gasteiger partial charge in [0.2, 0.25) is 5.91 Å². The van der Waals surface area contributed by atoms with Crippen LogP contribution >= 0.6 is 0 Å². The lowest BCUT2D eigenvalue weighted by molar-refractivity contribution is -0.141. The lowest BCUT2D eigenvalue weighted by Gasteiger charge is -2.17. The Morgan fingerprint density at radius 1 is 0.973 bits per heavy atom. The molecule has 10 heteroatoms. The van der Waals surface area contributed by atoms with Crippen molar-refractivity contribution >= 4 is 17.8 Å². The molecule has 0 aliphatic heterocycles. The quantitative estimate of drug-likeness (QED) is 0.167. The van der Waals surface area contributed by atoms with Crippen LogP contribution in [0.4, 0.5) is 0 Å². The van der Waals surface area contributed by atoms with E-state index in [0.29, 0.717) is 30.8 Å². The van der Waals surface area contributed by atoms with Gasteiger partial charge in [0.05, 0.1) is 18.7 Å². The lowest BCUT2D eigenvalue weighted by Crippen LogP contribution is -2.41. The van der Waals surface area contributed by atoms with E-state index < -0.39 is 23.7 Å². The normalized spacial score (nSPS) is 11.8. The Morgan fingerprint density at radius 2 is 1.65 bits per heavy atom. The molecule has 0 aliphatic carbocycles. The van der Waals surface area contributed by atoms with E-state index in [1.54, 1.807) is 29.7 Å². The van der Waals surface area contributed by atoms with E-state index in [2.05, 4.69) is 15.5 Å². The van der Waals surface area contributed by atoms with Gasteiger partial charge in [-0.25, -0.2) is 10.3 Å². The molecule has 0 saturated carbocycles. The number of hydrogen-bond acceptors (Lipinski definition) is 6. The number of hydroxylamine groups is 1. The molecule has 0 spiro atoms. The molecule has 37 heavy (non-hydrogen) atoms. The first-order valence-corrected chi connectivity index (χ1v) is 12.3. The summed E-state index contributed by atoms with van der Waals surface area (Å²) in [6.07, 6.45) is 1.86. The second-order valence-electron chi connectivity index (χ2n) is 9.29. The Labute approximate surface area is 215 Å². The Balaban J connectivity index is 1.79. The fourth-order valence-corrected chi connectivity index (χ4v) is 4.16. The predicted octanol–water partition coefficient (Wildman–Crippen LogP) is 3.43. The molecule has 4 N–H and O–H groups in total. The SMILES string of the molecule is CCCc1nnc(CNC(=O)C(CC(C)C)C(=O)NO)n1Cc1ccc(-c2ccccc2C(=O)O)cc1. The Kier molecular flexibility index (Phi) is 9.51. The minimum atomic E-state index is -1.02. The molecule has 196 valence electrons. The Bertz CT molecular complexity index is 1240. The van der Waals surface area contributed by atoms with E-state index in [1.165, 1.54) is 0 Å². The third-order valence-corrected chi connectivity index (χ3v) is 6.01. The average Bonchev–Trinajstić information content (AvgIpc) is 3.26. The smallest absolute Gasteiger partial charge is 0.336 e. The maximum Gasteiger partial charge on any atom is 0.336 e. The van der Waals surface area contributed by atoms with E-state index in [4.69, 9.17) is 5.21 Å². The number of nitrogens with zero attached hydrogens (tertiary/aromatic N) is 3. The average molecular weight is 508 g/mol. The minimum Gasteiger partial charge on any atom is -0.478 e. The van der Waals surface area contributed by atoms with Gasteiger partial charge in [-0.1, -0.05) is 63.2 Å². The summed E-state index contributed by atoms with van der Waals surface area (Å²) in [5, 5.41) is 29.8. The van der Waals surface area contributed by atoms with E-state index >= 15 is 0 Å². The summed E-state index contributed by atoms with van der Waals surface area (Å²) in [5.74, 6) is -1.83. The maximum absolute atomic E-state index is 12.7. The largest absolute Gasteiger partial charge is 0.478 e. The van der Waals surface area contributed by atoms with Crippen LogP contribution in [0.25, 0.3) is 11.1 Å². The second kappa shape index (κ2) is 12.8. The highest BCUT2D eigenvalue weighted by Gasteiger charge is 2.27. The summed E-state index contributed by atoms with van der Waals surface area (Å²) < 4.78 is 1.94. The number of benzene rings is 2. The van der Waals surface area contributed by atoms with Crippen LogP contribution in [-0.2, 0) is 29.1 Å². The molecule has 1 heterocycles. The van der Waals surface area contributed by atoms with Crippen molar-refractivity contribution in [1.82, 2.24) is 25.6 Å². The number of carboxylic acids is 1.